The maximum atomic E-state index is 11.1. The molecule has 1 aromatic heterocycles. The first-order valence-electron chi connectivity index (χ1n) is 4.71. The molecular formula is C10H11NO6. The molecule has 0 N–H and O–H groups in total. The SMILES string of the molecule is COCCOC(=O)C=Cc1ccc([N+](=O)[O-])o1. The second-order valence-corrected chi connectivity index (χ2v) is 2.93. The van der Waals surface area contributed by atoms with E-state index in [1.54, 1.807) is 0 Å². The fourth-order valence-corrected chi connectivity index (χ4v) is 0.954. The van der Waals surface area contributed by atoms with Gasteiger partial charge in [0.1, 0.15) is 17.3 Å². The van der Waals surface area contributed by atoms with Crippen molar-refractivity contribution < 1.29 is 23.6 Å². The zero-order valence-corrected chi connectivity index (χ0v) is 9.12. The Morgan fingerprint density at radius 3 is 2.88 bits per heavy atom. The van der Waals surface area contributed by atoms with Gasteiger partial charge in [0.05, 0.1) is 12.7 Å². The Kier molecular flexibility index (Phi) is 4.89. The fourth-order valence-electron chi connectivity index (χ4n) is 0.954. The second kappa shape index (κ2) is 6.44. The lowest BCUT2D eigenvalue weighted by Gasteiger charge is -1.98. The van der Waals surface area contributed by atoms with E-state index < -0.39 is 10.9 Å². The lowest BCUT2D eigenvalue weighted by molar-refractivity contribution is -0.402. The van der Waals surface area contributed by atoms with Gasteiger partial charge in [-0.15, -0.1) is 0 Å². The topological polar surface area (TPSA) is 91.8 Å². The van der Waals surface area contributed by atoms with Crippen LogP contribution in [0.1, 0.15) is 5.76 Å². The van der Waals surface area contributed by atoms with Crippen molar-refractivity contribution in [2.24, 2.45) is 0 Å². The quantitative estimate of drug-likeness (QED) is 0.246. The monoisotopic (exact) mass is 241 g/mol. The summed E-state index contributed by atoms with van der Waals surface area (Å²) in [6.45, 7) is 0.462. The third-order valence-electron chi connectivity index (χ3n) is 1.71. The molecule has 92 valence electrons. The van der Waals surface area contributed by atoms with Crippen LogP contribution < -0.4 is 0 Å². The van der Waals surface area contributed by atoms with E-state index in [0.717, 1.165) is 6.08 Å². The summed E-state index contributed by atoms with van der Waals surface area (Å²) in [7, 11) is 1.49. The van der Waals surface area contributed by atoms with Gasteiger partial charge in [0.15, 0.2) is 0 Å². The van der Waals surface area contributed by atoms with Crippen LogP contribution in [-0.2, 0) is 14.3 Å². The molecule has 0 unspecified atom stereocenters. The molecule has 7 nitrogen and oxygen atoms in total. The largest absolute Gasteiger partial charge is 0.460 e. The van der Waals surface area contributed by atoms with Gasteiger partial charge < -0.3 is 13.9 Å². The van der Waals surface area contributed by atoms with Gasteiger partial charge in [-0.2, -0.15) is 0 Å². The van der Waals surface area contributed by atoms with Crippen molar-refractivity contribution in [3.05, 3.63) is 34.1 Å². The van der Waals surface area contributed by atoms with E-state index in [-0.39, 0.29) is 18.3 Å². The van der Waals surface area contributed by atoms with E-state index in [1.807, 2.05) is 0 Å². The highest BCUT2D eigenvalue weighted by molar-refractivity contribution is 5.86. The molecule has 0 saturated heterocycles. The summed E-state index contributed by atoms with van der Waals surface area (Å²) in [5.74, 6) is -0.737. The highest BCUT2D eigenvalue weighted by Crippen LogP contribution is 2.16. The number of nitrogens with zero attached hydrogens (tertiary/aromatic N) is 1. The molecule has 0 aliphatic heterocycles. The summed E-state index contributed by atoms with van der Waals surface area (Å²) in [5.41, 5.74) is 0. The number of esters is 1. The summed E-state index contributed by atoms with van der Waals surface area (Å²) in [5, 5.41) is 10.3. The van der Waals surface area contributed by atoms with E-state index in [0.29, 0.717) is 6.61 Å². The molecule has 0 aliphatic carbocycles. The minimum Gasteiger partial charge on any atom is -0.460 e. The molecular weight excluding hydrogens is 230 g/mol. The summed E-state index contributed by atoms with van der Waals surface area (Å²) in [4.78, 5) is 20.7. The van der Waals surface area contributed by atoms with Gasteiger partial charge in [-0.05, 0) is 12.1 Å². The van der Waals surface area contributed by atoms with Crippen molar-refractivity contribution in [2.75, 3.05) is 20.3 Å². The number of rotatable bonds is 6. The number of methoxy groups -OCH3 is 1. The molecule has 7 heteroatoms. The van der Waals surface area contributed by atoms with Gasteiger partial charge in [-0.25, -0.2) is 4.79 Å². The fraction of sp³-hybridized carbons (Fsp3) is 0.300. The molecule has 1 rings (SSSR count). The number of furan rings is 1. The summed E-state index contributed by atoms with van der Waals surface area (Å²) in [6, 6.07) is 2.59. The van der Waals surface area contributed by atoms with E-state index >= 15 is 0 Å². The third-order valence-corrected chi connectivity index (χ3v) is 1.71. The Morgan fingerprint density at radius 2 is 2.29 bits per heavy atom. The summed E-state index contributed by atoms with van der Waals surface area (Å²) < 4.78 is 14.2. The molecule has 0 amide bonds. The van der Waals surface area contributed by atoms with Crippen LogP contribution in [0.3, 0.4) is 0 Å². The zero-order valence-electron chi connectivity index (χ0n) is 9.12. The van der Waals surface area contributed by atoms with Gasteiger partial charge >= 0.3 is 11.9 Å². The van der Waals surface area contributed by atoms with Crippen molar-refractivity contribution in [3.8, 4) is 0 Å². The van der Waals surface area contributed by atoms with Crippen LogP contribution in [0, 0.1) is 10.1 Å². The molecule has 0 fully saturated rings. The Bertz CT molecular complexity index is 422. The van der Waals surface area contributed by atoms with Crippen LogP contribution in [0.15, 0.2) is 22.6 Å². The number of hydrogen-bond acceptors (Lipinski definition) is 6. The van der Waals surface area contributed by atoms with Crippen LogP contribution in [0.4, 0.5) is 5.88 Å². The molecule has 0 saturated carbocycles. The number of hydrogen-bond donors (Lipinski definition) is 0. The predicted octanol–water partition coefficient (Wildman–Crippen LogP) is 1.39. The van der Waals surface area contributed by atoms with E-state index in [2.05, 4.69) is 4.74 Å². The molecule has 1 heterocycles. The zero-order chi connectivity index (χ0) is 12.7. The minimum atomic E-state index is -0.658. The van der Waals surface area contributed by atoms with Gasteiger partial charge in [-0.1, -0.05) is 0 Å². The standard InChI is InChI=1S/C10H11NO6/c1-15-6-7-16-10(12)5-3-8-2-4-9(17-8)11(13)14/h2-5H,6-7H2,1H3. The van der Waals surface area contributed by atoms with Gasteiger partial charge in [-0.3, -0.25) is 10.1 Å². The van der Waals surface area contributed by atoms with E-state index in [9.17, 15) is 14.9 Å². The third kappa shape index (κ3) is 4.47. The van der Waals surface area contributed by atoms with Crippen molar-refractivity contribution >= 4 is 17.9 Å². The number of carbonyl (C=O) groups is 1. The Labute approximate surface area is 96.8 Å². The summed E-state index contributed by atoms with van der Waals surface area (Å²) in [6.07, 6.45) is 2.42. The molecule has 0 aliphatic rings. The number of nitro groups is 1. The van der Waals surface area contributed by atoms with Crippen LogP contribution >= 0.6 is 0 Å². The van der Waals surface area contributed by atoms with Gasteiger partial charge in [0.2, 0.25) is 0 Å². The Morgan fingerprint density at radius 1 is 1.53 bits per heavy atom. The first-order valence-corrected chi connectivity index (χ1v) is 4.71. The molecule has 0 aromatic carbocycles. The maximum Gasteiger partial charge on any atom is 0.433 e. The van der Waals surface area contributed by atoms with Crippen LogP contribution in [0.25, 0.3) is 6.08 Å². The molecule has 0 radical (unpaired) electrons. The normalized spacial score (nSPS) is 10.6. The molecule has 17 heavy (non-hydrogen) atoms. The maximum absolute atomic E-state index is 11.1. The van der Waals surface area contributed by atoms with Crippen LogP contribution in [-0.4, -0.2) is 31.2 Å². The highest BCUT2D eigenvalue weighted by Gasteiger charge is 2.10. The second-order valence-electron chi connectivity index (χ2n) is 2.93. The number of carbonyl (C=O) groups excluding carboxylic acids is 1. The predicted molar refractivity (Wildman–Crippen MR) is 57.2 cm³/mol. The molecule has 0 bridgehead atoms. The van der Waals surface area contributed by atoms with Crippen molar-refractivity contribution in [2.45, 2.75) is 0 Å². The lowest BCUT2D eigenvalue weighted by atomic mass is 10.4. The Hall–Kier alpha value is -2.15. The van der Waals surface area contributed by atoms with Crippen molar-refractivity contribution in [1.82, 2.24) is 0 Å². The molecule has 0 atom stereocenters. The molecule has 1 aromatic rings. The van der Waals surface area contributed by atoms with Gasteiger partial charge in [0.25, 0.3) is 0 Å². The lowest BCUT2D eigenvalue weighted by Crippen LogP contribution is -2.06. The first-order chi connectivity index (χ1) is 8.13. The Balaban J connectivity index is 2.46. The minimum absolute atomic E-state index is 0.151. The van der Waals surface area contributed by atoms with Crippen molar-refractivity contribution in [1.29, 1.82) is 0 Å². The first kappa shape index (κ1) is 12.9. The average molecular weight is 241 g/mol. The van der Waals surface area contributed by atoms with Gasteiger partial charge in [0, 0.05) is 13.2 Å². The smallest absolute Gasteiger partial charge is 0.433 e. The number of ether oxygens (including phenoxy) is 2. The highest BCUT2D eigenvalue weighted by atomic mass is 16.6. The van der Waals surface area contributed by atoms with E-state index in [1.165, 1.54) is 25.3 Å². The van der Waals surface area contributed by atoms with Crippen molar-refractivity contribution in [3.63, 3.8) is 0 Å². The summed E-state index contributed by atoms with van der Waals surface area (Å²) >= 11 is 0. The average Bonchev–Trinajstić information content (AvgIpc) is 2.75. The van der Waals surface area contributed by atoms with Crippen LogP contribution in [0.5, 0.6) is 0 Å². The van der Waals surface area contributed by atoms with E-state index in [4.69, 9.17) is 9.15 Å². The molecule has 0 spiro atoms. The van der Waals surface area contributed by atoms with Crippen LogP contribution in [0.2, 0.25) is 0 Å².